The molecule has 1 unspecified atom stereocenters. The number of rotatable bonds is 2. The first-order valence-electron chi connectivity index (χ1n) is 6.65. The minimum Gasteiger partial charge on any atom is -0.365 e. The molecule has 0 aliphatic carbocycles. The molecule has 0 saturated carbocycles. The van der Waals surface area contributed by atoms with Crippen LogP contribution in [0.2, 0.25) is 0 Å². The Morgan fingerprint density at radius 3 is 2.52 bits per heavy atom. The van der Waals surface area contributed by atoms with Gasteiger partial charge in [-0.1, -0.05) is 0 Å². The van der Waals surface area contributed by atoms with Crippen LogP contribution in [0.4, 0.5) is 23.2 Å². The number of amides is 1. The van der Waals surface area contributed by atoms with Gasteiger partial charge < -0.3 is 10.6 Å². The summed E-state index contributed by atoms with van der Waals surface area (Å²) in [6.07, 6.45) is -3.28. The Kier molecular flexibility index (Phi) is 4.11. The van der Waals surface area contributed by atoms with Gasteiger partial charge in [0.05, 0.1) is 5.56 Å². The van der Waals surface area contributed by atoms with Crippen molar-refractivity contribution in [2.24, 2.45) is 5.73 Å². The Balaban J connectivity index is 2.43. The fourth-order valence-corrected chi connectivity index (χ4v) is 2.78. The maximum absolute atomic E-state index is 13.9. The number of alkyl halides is 3. The Bertz CT molecular complexity index is 533. The number of hydrogen-bond acceptors (Lipinski definition) is 2. The van der Waals surface area contributed by atoms with Crippen LogP contribution in [0, 0.1) is 12.7 Å². The third kappa shape index (κ3) is 3.11. The molecule has 1 aliphatic heterocycles. The molecule has 1 saturated heterocycles. The zero-order valence-corrected chi connectivity index (χ0v) is 11.5. The van der Waals surface area contributed by atoms with Gasteiger partial charge in [-0.2, -0.15) is 13.2 Å². The van der Waals surface area contributed by atoms with E-state index in [9.17, 15) is 22.4 Å². The van der Waals surface area contributed by atoms with Crippen LogP contribution in [0.15, 0.2) is 12.1 Å². The molecule has 2 N–H and O–H groups in total. The number of primary amides is 1. The largest absolute Gasteiger partial charge is 0.408 e. The first-order chi connectivity index (χ1) is 9.71. The average Bonchev–Trinajstić information content (AvgIpc) is 2.36. The third-order valence-corrected chi connectivity index (χ3v) is 3.73. The van der Waals surface area contributed by atoms with E-state index in [0.29, 0.717) is 12.8 Å². The van der Waals surface area contributed by atoms with Crippen LogP contribution >= 0.6 is 0 Å². The topological polar surface area (TPSA) is 46.3 Å². The van der Waals surface area contributed by atoms with Gasteiger partial charge in [0, 0.05) is 12.2 Å². The lowest BCUT2D eigenvalue weighted by Crippen LogP contribution is -2.48. The summed E-state index contributed by atoms with van der Waals surface area (Å²) in [4.78, 5) is 12.3. The fourth-order valence-electron chi connectivity index (χ4n) is 2.78. The zero-order chi connectivity index (χ0) is 15.8. The van der Waals surface area contributed by atoms with Gasteiger partial charge in [0.25, 0.3) is 5.91 Å². The van der Waals surface area contributed by atoms with Gasteiger partial charge in [0.2, 0.25) is 0 Å². The van der Waals surface area contributed by atoms with Crippen LogP contribution < -0.4 is 10.6 Å². The fraction of sp³-hybridized carbons (Fsp3) is 0.500. The van der Waals surface area contributed by atoms with Crippen molar-refractivity contribution in [3.63, 3.8) is 0 Å². The lowest BCUT2D eigenvalue weighted by atomic mass is 9.99. The molecule has 2 rings (SSSR count). The first kappa shape index (κ1) is 15.6. The molecule has 0 bridgehead atoms. The molecule has 116 valence electrons. The second kappa shape index (κ2) is 5.54. The summed E-state index contributed by atoms with van der Waals surface area (Å²) >= 11 is 0. The lowest BCUT2D eigenvalue weighted by Gasteiger charge is -2.38. The summed E-state index contributed by atoms with van der Waals surface area (Å²) in [5, 5.41) is 0. The number of anilines is 1. The van der Waals surface area contributed by atoms with Crippen LogP contribution in [0.5, 0.6) is 0 Å². The highest BCUT2D eigenvalue weighted by molar-refractivity contribution is 5.95. The van der Waals surface area contributed by atoms with Crippen molar-refractivity contribution in [2.45, 2.75) is 38.4 Å². The van der Waals surface area contributed by atoms with E-state index in [1.165, 1.54) is 13.0 Å². The van der Waals surface area contributed by atoms with E-state index in [-0.39, 0.29) is 29.8 Å². The quantitative estimate of drug-likeness (QED) is 0.853. The smallest absolute Gasteiger partial charge is 0.365 e. The summed E-state index contributed by atoms with van der Waals surface area (Å²) in [5.74, 6) is -1.81. The number of carbonyl (C=O) groups excluding carboxylic acids is 1. The van der Waals surface area contributed by atoms with E-state index >= 15 is 0 Å². The maximum atomic E-state index is 13.9. The summed E-state index contributed by atoms with van der Waals surface area (Å²) in [6.45, 7) is 1.66. The van der Waals surface area contributed by atoms with Gasteiger partial charge in [-0.3, -0.25) is 4.79 Å². The normalized spacial score (nSPS) is 19.7. The minimum atomic E-state index is -4.37. The van der Waals surface area contributed by atoms with Gasteiger partial charge in [0.1, 0.15) is 11.9 Å². The Labute approximate surface area is 119 Å². The van der Waals surface area contributed by atoms with E-state index in [4.69, 9.17) is 5.73 Å². The summed E-state index contributed by atoms with van der Waals surface area (Å²) < 4.78 is 53.2. The second-order valence-electron chi connectivity index (χ2n) is 5.23. The highest BCUT2D eigenvalue weighted by Crippen LogP contribution is 2.36. The molecule has 0 spiro atoms. The SMILES string of the molecule is Cc1cc(N2CCCCC2C(F)(F)F)cc(F)c1C(N)=O. The molecule has 21 heavy (non-hydrogen) atoms. The summed E-state index contributed by atoms with van der Waals surface area (Å²) in [6, 6.07) is 0.717. The highest BCUT2D eigenvalue weighted by atomic mass is 19.4. The van der Waals surface area contributed by atoms with Gasteiger partial charge in [-0.15, -0.1) is 0 Å². The van der Waals surface area contributed by atoms with Crippen molar-refractivity contribution in [1.29, 1.82) is 0 Å². The molecule has 1 atom stereocenters. The maximum Gasteiger partial charge on any atom is 0.408 e. The number of aryl methyl sites for hydroxylation is 1. The van der Waals surface area contributed by atoms with Gasteiger partial charge in [-0.05, 0) is 43.9 Å². The van der Waals surface area contributed by atoms with E-state index in [1.807, 2.05) is 0 Å². The molecular weight excluding hydrogens is 288 g/mol. The van der Waals surface area contributed by atoms with Gasteiger partial charge in [0.15, 0.2) is 0 Å². The molecule has 1 aromatic rings. The van der Waals surface area contributed by atoms with Crippen LogP contribution in [-0.4, -0.2) is 24.7 Å². The number of benzene rings is 1. The number of carbonyl (C=O) groups is 1. The lowest BCUT2D eigenvalue weighted by molar-refractivity contribution is -0.152. The van der Waals surface area contributed by atoms with Gasteiger partial charge >= 0.3 is 6.18 Å². The molecule has 1 amide bonds. The van der Waals surface area contributed by atoms with Crippen molar-refractivity contribution in [1.82, 2.24) is 0 Å². The zero-order valence-electron chi connectivity index (χ0n) is 11.5. The number of nitrogens with zero attached hydrogens (tertiary/aromatic N) is 1. The molecule has 0 radical (unpaired) electrons. The summed E-state index contributed by atoms with van der Waals surface area (Å²) in [7, 11) is 0. The molecule has 7 heteroatoms. The van der Waals surface area contributed by atoms with Crippen molar-refractivity contribution in [3.8, 4) is 0 Å². The average molecular weight is 304 g/mol. The number of piperidine rings is 1. The Morgan fingerprint density at radius 1 is 1.33 bits per heavy atom. The van der Waals surface area contributed by atoms with Crippen LogP contribution in [0.1, 0.15) is 35.2 Å². The molecule has 1 heterocycles. The first-order valence-corrected chi connectivity index (χ1v) is 6.65. The molecule has 1 aromatic carbocycles. The Hall–Kier alpha value is -1.79. The molecule has 1 fully saturated rings. The predicted molar refractivity (Wildman–Crippen MR) is 70.7 cm³/mol. The van der Waals surface area contributed by atoms with E-state index in [1.54, 1.807) is 0 Å². The van der Waals surface area contributed by atoms with Crippen molar-refractivity contribution < 1.29 is 22.4 Å². The van der Waals surface area contributed by atoms with Crippen molar-refractivity contribution in [3.05, 3.63) is 29.1 Å². The second-order valence-corrected chi connectivity index (χ2v) is 5.23. The minimum absolute atomic E-state index is 0.0122. The van der Waals surface area contributed by atoms with E-state index in [2.05, 4.69) is 0 Å². The summed E-state index contributed by atoms with van der Waals surface area (Å²) in [5.41, 5.74) is 5.17. The number of nitrogens with two attached hydrogens (primary N) is 1. The molecular formula is C14H16F4N2O. The monoisotopic (exact) mass is 304 g/mol. The van der Waals surface area contributed by atoms with E-state index in [0.717, 1.165) is 11.0 Å². The van der Waals surface area contributed by atoms with Gasteiger partial charge in [-0.25, -0.2) is 4.39 Å². The third-order valence-electron chi connectivity index (χ3n) is 3.73. The van der Waals surface area contributed by atoms with Crippen LogP contribution in [-0.2, 0) is 0 Å². The Morgan fingerprint density at radius 2 is 2.00 bits per heavy atom. The van der Waals surface area contributed by atoms with Crippen LogP contribution in [0.3, 0.4) is 0 Å². The van der Waals surface area contributed by atoms with Crippen LogP contribution in [0.25, 0.3) is 0 Å². The standard InChI is InChI=1S/C14H16F4N2O/c1-8-6-9(7-10(15)12(8)13(19)21)20-5-3-2-4-11(20)14(16,17)18/h6-7,11H,2-5H2,1H3,(H2,19,21). The highest BCUT2D eigenvalue weighted by Gasteiger charge is 2.44. The predicted octanol–water partition coefficient (Wildman–Crippen LogP) is 3.15. The van der Waals surface area contributed by atoms with Crippen molar-refractivity contribution >= 4 is 11.6 Å². The number of hydrogen-bond donors (Lipinski definition) is 1. The molecule has 0 aromatic heterocycles. The van der Waals surface area contributed by atoms with Crippen molar-refractivity contribution in [2.75, 3.05) is 11.4 Å². The molecule has 1 aliphatic rings. The number of halogens is 4. The van der Waals surface area contributed by atoms with E-state index < -0.39 is 23.9 Å². The molecule has 3 nitrogen and oxygen atoms in total.